The molecule has 1 aromatic heterocycles. The molecule has 1 atom stereocenters. The minimum Gasteiger partial charge on any atom is -0.370 e. The fourth-order valence-electron chi connectivity index (χ4n) is 3.88. The van der Waals surface area contributed by atoms with E-state index in [0.717, 1.165) is 12.1 Å². The van der Waals surface area contributed by atoms with Gasteiger partial charge in [-0.25, -0.2) is 0 Å². The number of nitrogens with two attached hydrogens (primary N) is 1. The van der Waals surface area contributed by atoms with E-state index < -0.39 is 0 Å². The van der Waals surface area contributed by atoms with E-state index >= 15 is 0 Å². The van der Waals surface area contributed by atoms with Crippen LogP contribution in [0.15, 0.2) is 18.3 Å². The summed E-state index contributed by atoms with van der Waals surface area (Å²) in [6.45, 7) is 4.49. The van der Waals surface area contributed by atoms with Crippen molar-refractivity contribution < 1.29 is 0 Å². The van der Waals surface area contributed by atoms with Crippen LogP contribution in [0.2, 0.25) is 0 Å². The minimum atomic E-state index is 0.0761. The lowest BCUT2D eigenvalue weighted by Gasteiger charge is -2.40. The van der Waals surface area contributed by atoms with Crippen LogP contribution in [0.4, 0.5) is 5.69 Å². The van der Waals surface area contributed by atoms with Gasteiger partial charge in [-0.1, -0.05) is 19.8 Å². The number of aromatic nitrogens is 1. The molecular weight excluding hydrogens is 246 g/mol. The van der Waals surface area contributed by atoms with Crippen molar-refractivity contribution in [3.63, 3.8) is 0 Å². The zero-order valence-corrected chi connectivity index (χ0v) is 12.6. The van der Waals surface area contributed by atoms with Crippen LogP contribution in [0.3, 0.4) is 0 Å². The molecule has 1 saturated carbocycles. The summed E-state index contributed by atoms with van der Waals surface area (Å²) in [7, 11) is 0. The summed E-state index contributed by atoms with van der Waals surface area (Å²) in [4.78, 5) is 7.04. The van der Waals surface area contributed by atoms with E-state index in [9.17, 15) is 0 Å². The quantitative estimate of drug-likeness (QED) is 0.914. The topological polar surface area (TPSA) is 42.1 Å². The summed E-state index contributed by atoms with van der Waals surface area (Å²) in [5.41, 5.74) is 9.00. The van der Waals surface area contributed by atoms with Crippen LogP contribution in [0.25, 0.3) is 0 Å². The van der Waals surface area contributed by atoms with E-state index in [-0.39, 0.29) is 6.04 Å². The summed E-state index contributed by atoms with van der Waals surface area (Å²) < 4.78 is 0. The molecule has 0 amide bonds. The van der Waals surface area contributed by atoms with Crippen LogP contribution < -0.4 is 10.6 Å². The van der Waals surface area contributed by atoms with Gasteiger partial charge in [0.15, 0.2) is 0 Å². The van der Waals surface area contributed by atoms with Gasteiger partial charge in [-0.05, 0) is 49.7 Å². The highest BCUT2D eigenvalue weighted by Gasteiger charge is 2.36. The van der Waals surface area contributed by atoms with Gasteiger partial charge >= 0.3 is 0 Å². The maximum Gasteiger partial charge on any atom is 0.0572 e. The molecule has 0 aromatic carbocycles. The second-order valence-corrected chi connectivity index (χ2v) is 6.65. The van der Waals surface area contributed by atoms with E-state index in [1.807, 2.05) is 6.20 Å². The number of anilines is 1. The smallest absolute Gasteiger partial charge is 0.0572 e. The summed E-state index contributed by atoms with van der Waals surface area (Å²) in [6.07, 6.45) is 11.5. The van der Waals surface area contributed by atoms with Gasteiger partial charge in [0, 0.05) is 19.1 Å². The van der Waals surface area contributed by atoms with Gasteiger partial charge in [-0.2, -0.15) is 0 Å². The lowest BCUT2D eigenvalue weighted by Crippen LogP contribution is -2.38. The molecule has 20 heavy (non-hydrogen) atoms. The molecule has 3 nitrogen and oxygen atoms in total. The zero-order chi connectivity index (χ0) is 14.0. The lowest BCUT2D eigenvalue weighted by molar-refractivity contribution is 0.226. The van der Waals surface area contributed by atoms with Crippen molar-refractivity contribution in [3.8, 4) is 0 Å². The van der Waals surface area contributed by atoms with Crippen molar-refractivity contribution >= 4 is 5.69 Å². The van der Waals surface area contributed by atoms with Crippen LogP contribution in [0.5, 0.6) is 0 Å². The Balaban J connectivity index is 1.63. The third-order valence-electron chi connectivity index (χ3n) is 5.44. The first-order chi connectivity index (χ1) is 9.72. The first-order valence-electron chi connectivity index (χ1n) is 8.19. The van der Waals surface area contributed by atoms with E-state index in [0.29, 0.717) is 5.41 Å². The molecule has 1 aliphatic carbocycles. The largest absolute Gasteiger partial charge is 0.370 e. The molecule has 2 fully saturated rings. The Morgan fingerprint density at radius 2 is 1.90 bits per heavy atom. The fraction of sp³-hybridized carbons (Fsp3) is 0.706. The molecule has 1 aliphatic heterocycles. The molecule has 0 unspecified atom stereocenters. The molecular formula is C17H27N3. The maximum absolute atomic E-state index is 6.03. The van der Waals surface area contributed by atoms with Crippen LogP contribution in [0.1, 0.15) is 63.6 Å². The molecule has 0 radical (unpaired) electrons. The van der Waals surface area contributed by atoms with Crippen molar-refractivity contribution in [2.24, 2.45) is 11.1 Å². The summed E-state index contributed by atoms with van der Waals surface area (Å²) >= 11 is 0. The van der Waals surface area contributed by atoms with Gasteiger partial charge in [0.25, 0.3) is 0 Å². The minimum absolute atomic E-state index is 0.0761. The first kappa shape index (κ1) is 13.9. The first-order valence-corrected chi connectivity index (χ1v) is 8.19. The molecule has 1 saturated heterocycles. The van der Waals surface area contributed by atoms with Crippen LogP contribution in [0, 0.1) is 5.41 Å². The van der Waals surface area contributed by atoms with Crippen LogP contribution >= 0.6 is 0 Å². The number of pyridine rings is 1. The standard InChI is InChI=1S/C17H27N3/c1-2-15(18)16-6-5-14(13-19-16)20-11-9-17(10-12-20)7-3-4-8-17/h5-6,13,15H,2-4,7-12,18H2,1H3/t15-/m1/s1. The average molecular weight is 273 g/mol. The molecule has 3 rings (SSSR count). The highest BCUT2D eigenvalue weighted by molar-refractivity contribution is 5.45. The number of hydrogen-bond acceptors (Lipinski definition) is 3. The Bertz CT molecular complexity index is 424. The maximum atomic E-state index is 6.03. The fourth-order valence-corrected chi connectivity index (χ4v) is 3.88. The van der Waals surface area contributed by atoms with Crippen molar-refractivity contribution in [1.82, 2.24) is 4.98 Å². The SMILES string of the molecule is CC[C@@H](N)c1ccc(N2CCC3(CCCC3)CC2)cn1. The van der Waals surface area contributed by atoms with Crippen LogP contribution in [-0.4, -0.2) is 18.1 Å². The molecule has 1 spiro atoms. The number of piperidine rings is 1. The van der Waals surface area contributed by atoms with E-state index in [1.54, 1.807) is 0 Å². The number of rotatable bonds is 3. The molecule has 2 heterocycles. The Morgan fingerprint density at radius 3 is 2.45 bits per heavy atom. The van der Waals surface area contributed by atoms with Crippen molar-refractivity contribution in [3.05, 3.63) is 24.0 Å². The van der Waals surface area contributed by atoms with Gasteiger partial charge < -0.3 is 10.6 Å². The summed E-state index contributed by atoms with van der Waals surface area (Å²) in [6, 6.07) is 4.38. The van der Waals surface area contributed by atoms with Gasteiger partial charge in [-0.3, -0.25) is 4.98 Å². The van der Waals surface area contributed by atoms with Gasteiger partial charge in [0.1, 0.15) is 0 Å². The monoisotopic (exact) mass is 273 g/mol. The zero-order valence-electron chi connectivity index (χ0n) is 12.6. The predicted molar refractivity (Wildman–Crippen MR) is 83.8 cm³/mol. The Hall–Kier alpha value is -1.09. The van der Waals surface area contributed by atoms with Gasteiger partial charge in [0.2, 0.25) is 0 Å². The molecule has 2 aliphatic rings. The van der Waals surface area contributed by atoms with Gasteiger partial charge in [-0.15, -0.1) is 0 Å². The van der Waals surface area contributed by atoms with Crippen molar-refractivity contribution in [1.29, 1.82) is 0 Å². The highest BCUT2D eigenvalue weighted by atomic mass is 15.1. The van der Waals surface area contributed by atoms with E-state index in [4.69, 9.17) is 5.73 Å². The summed E-state index contributed by atoms with van der Waals surface area (Å²) in [5.74, 6) is 0. The molecule has 110 valence electrons. The number of hydrogen-bond donors (Lipinski definition) is 1. The summed E-state index contributed by atoms with van der Waals surface area (Å²) in [5, 5.41) is 0. The third kappa shape index (κ3) is 2.69. The van der Waals surface area contributed by atoms with E-state index in [2.05, 4.69) is 28.9 Å². The van der Waals surface area contributed by atoms with E-state index in [1.165, 1.54) is 57.3 Å². The molecule has 1 aromatic rings. The molecule has 3 heteroatoms. The number of nitrogens with zero attached hydrogens (tertiary/aromatic N) is 2. The molecule has 2 N–H and O–H groups in total. The second kappa shape index (κ2) is 5.72. The van der Waals surface area contributed by atoms with Crippen molar-refractivity contribution in [2.75, 3.05) is 18.0 Å². The lowest BCUT2D eigenvalue weighted by atomic mass is 9.77. The Labute approximate surface area is 122 Å². The second-order valence-electron chi connectivity index (χ2n) is 6.65. The Kier molecular flexibility index (Phi) is 3.97. The third-order valence-corrected chi connectivity index (χ3v) is 5.44. The average Bonchev–Trinajstić information content (AvgIpc) is 2.96. The highest BCUT2D eigenvalue weighted by Crippen LogP contribution is 2.46. The normalized spacial score (nSPS) is 23.2. The van der Waals surface area contributed by atoms with Crippen molar-refractivity contribution in [2.45, 2.75) is 57.9 Å². The molecule has 0 bridgehead atoms. The Morgan fingerprint density at radius 1 is 1.20 bits per heavy atom. The van der Waals surface area contributed by atoms with Crippen LogP contribution in [-0.2, 0) is 0 Å². The predicted octanol–water partition coefficient (Wildman–Crippen LogP) is 3.65. The van der Waals surface area contributed by atoms with Gasteiger partial charge in [0.05, 0.1) is 17.6 Å².